The lowest BCUT2D eigenvalue weighted by molar-refractivity contribution is 0.835. The number of thiophene rings is 1. The predicted octanol–water partition coefficient (Wildman–Crippen LogP) is 15.7. The average molecular weight is 783 g/mol. The van der Waals surface area contributed by atoms with Crippen LogP contribution >= 0.6 is 11.3 Å². The van der Waals surface area contributed by atoms with Crippen molar-refractivity contribution in [3.8, 4) is 44.8 Å². The molecule has 3 heteroatoms. The molecular weight excluding hydrogens is 745 g/mol. The molecule has 0 bridgehead atoms. The number of hydrogen-bond donors (Lipinski definition) is 0. The summed E-state index contributed by atoms with van der Waals surface area (Å²) in [6.45, 7) is 0. The average Bonchev–Trinajstić information content (AvgIpc) is 3.93. The van der Waals surface area contributed by atoms with Gasteiger partial charge in [0.15, 0.2) is 0 Å². The number of aromatic nitrogens is 2. The first-order chi connectivity index (χ1) is 29.8. The number of para-hydroxylation sites is 2. The Morgan fingerprint density at radius 2 is 1.02 bits per heavy atom. The van der Waals surface area contributed by atoms with Gasteiger partial charge in [-0.05, 0) is 118 Å². The summed E-state index contributed by atoms with van der Waals surface area (Å²) in [5.41, 5.74) is 18.0. The van der Waals surface area contributed by atoms with E-state index in [1.807, 2.05) is 11.3 Å². The number of aryl methyl sites for hydroxylation is 1. The van der Waals surface area contributed by atoms with Gasteiger partial charge in [0.1, 0.15) is 0 Å². The van der Waals surface area contributed by atoms with Crippen LogP contribution in [-0.2, 0) is 12.8 Å². The zero-order valence-electron chi connectivity index (χ0n) is 32.9. The van der Waals surface area contributed by atoms with Gasteiger partial charge < -0.3 is 9.13 Å². The molecule has 60 heavy (non-hydrogen) atoms. The molecule has 0 aliphatic heterocycles. The highest BCUT2D eigenvalue weighted by Crippen LogP contribution is 2.46. The molecule has 0 amide bonds. The van der Waals surface area contributed by atoms with E-state index >= 15 is 0 Å². The van der Waals surface area contributed by atoms with Gasteiger partial charge in [-0.25, -0.2) is 0 Å². The van der Waals surface area contributed by atoms with Gasteiger partial charge in [-0.3, -0.25) is 0 Å². The quantitative estimate of drug-likeness (QED) is 0.168. The van der Waals surface area contributed by atoms with Gasteiger partial charge in [-0.15, -0.1) is 11.3 Å². The number of rotatable bonds is 4. The molecule has 0 radical (unpaired) electrons. The van der Waals surface area contributed by atoms with Crippen molar-refractivity contribution in [1.29, 1.82) is 0 Å². The van der Waals surface area contributed by atoms with Crippen LogP contribution < -0.4 is 0 Å². The van der Waals surface area contributed by atoms with Crippen LogP contribution in [0.2, 0.25) is 0 Å². The van der Waals surface area contributed by atoms with Gasteiger partial charge in [0.05, 0.1) is 22.1 Å². The number of nitrogens with zero attached hydrogens (tertiary/aromatic N) is 2. The first kappa shape index (κ1) is 33.7. The zero-order valence-corrected chi connectivity index (χ0v) is 33.7. The van der Waals surface area contributed by atoms with Crippen LogP contribution in [0.1, 0.15) is 17.5 Å². The van der Waals surface area contributed by atoms with Crippen molar-refractivity contribution in [2.75, 3.05) is 0 Å². The van der Waals surface area contributed by atoms with E-state index in [9.17, 15) is 0 Å². The molecule has 0 unspecified atom stereocenters. The molecule has 0 spiro atoms. The number of fused-ring (bicyclic) bond motifs is 13. The second-order valence-electron chi connectivity index (χ2n) is 16.3. The summed E-state index contributed by atoms with van der Waals surface area (Å²) in [5, 5.41) is 7.81. The van der Waals surface area contributed by atoms with Crippen LogP contribution in [0.5, 0.6) is 0 Å². The van der Waals surface area contributed by atoms with Crippen LogP contribution in [0, 0.1) is 0 Å². The normalized spacial score (nSPS) is 12.8. The highest BCUT2D eigenvalue weighted by molar-refractivity contribution is 7.25. The van der Waals surface area contributed by atoms with Crippen LogP contribution in [-0.4, -0.2) is 9.13 Å². The third-order valence-electron chi connectivity index (χ3n) is 13.1. The van der Waals surface area contributed by atoms with Crippen LogP contribution in [0.25, 0.3) is 109 Å². The van der Waals surface area contributed by atoms with Crippen molar-refractivity contribution in [1.82, 2.24) is 9.13 Å². The van der Waals surface area contributed by atoms with Crippen molar-refractivity contribution in [2.45, 2.75) is 19.3 Å². The lowest BCUT2D eigenvalue weighted by atomic mass is 9.88. The third kappa shape index (κ3) is 4.93. The van der Waals surface area contributed by atoms with Crippen LogP contribution in [0.15, 0.2) is 194 Å². The van der Waals surface area contributed by atoms with E-state index in [2.05, 4.69) is 203 Å². The van der Waals surface area contributed by atoms with Gasteiger partial charge in [0.2, 0.25) is 0 Å². The number of hydrogen-bond acceptors (Lipinski definition) is 1. The fourth-order valence-electron chi connectivity index (χ4n) is 10.5. The second-order valence-corrected chi connectivity index (χ2v) is 17.4. The first-order valence-corrected chi connectivity index (χ1v) is 21.9. The lowest BCUT2D eigenvalue weighted by Gasteiger charge is -2.17. The smallest absolute Gasteiger partial charge is 0.0641 e. The third-order valence-corrected chi connectivity index (χ3v) is 14.2. The van der Waals surface area contributed by atoms with Gasteiger partial charge in [-0.1, -0.05) is 140 Å². The van der Waals surface area contributed by atoms with Crippen molar-refractivity contribution in [3.05, 3.63) is 205 Å². The Hall–Kier alpha value is -7.20. The summed E-state index contributed by atoms with van der Waals surface area (Å²) >= 11 is 1.90. The molecule has 3 aromatic heterocycles. The van der Waals surface area contributed by atoms with Gasteiger partial charge in [0.25, 0.3) is 0 Å². The predicted molar refractivity (Wildman–Crippen MR) is 256 cm³/mol. The molecule has 1 aliphatic rings. The minimum Gasteiger partial charge on any atom is -0.309 e. The summed E-state index contributed by atoms with van der Waals surface area (Å²) in [5.74, 6) is 0. The van der Waals surface area contributed by atoms with Crippen molar-refractivity contribution in [2.24, 2.45) is 0 Å². The Morgan fingerprint density at radius 1 is 0.367 bits per heavy atom. The molecule has 2 nitrogen and oxygen atoms in total. The van der Waals surface area contributed by atoms with E-state index in [1.54, 1.807) is 0 Å². The summed E-state index contributed by atoms with van der Waals surface area (Å²) in [4.78, 5) is 0. The summed E-state index contributed by atoms with van der Waals surface area (Å²) in [6, 6.07) is 72.4. The Balaban J connectivity index is 1.04. The lowest BCUT2D eigenvalue weighted by Crippen LogP contribution is -1.98. The molecule has 282 valence electrons. The molecule has 0 saturated carbocycles. The van der Waals surface area contributed by atoms with E-state index in [4.69, 9.17) is 0 Å². The highest BCUT2D eigenvalue weighted by Gasteiger charge is 2.24. The molecule has 1 aliphatic carbocycles. The van der Waals surface area contributed by atoms with Crippen molar-refractivity contribution in [3.63, 3.8) is 0 Å². The monoisotopic (exact) mass is 782 g/mol. The Labute approximate surface area is 351 Å². The first-order valence-electron chi connectivity index (χ1n) is 21.1. The van der Waals surface area contributed by atoms with Gasteiger partial charge in [-0.2, -0.15) is 0 Å². The topological polar surface area (TPSA) is 9.86 Å². The van der Waals surface area contributed by atoms with E-state index in [-0.39, 0.29) is 0 Å². The molecule has 13 rings (SSSR count). The maximum Gasteiger partial charge on any atom is 0.0641 e. The number of benzene rings is 9. The van der Waals surface area contributed by atoms with Gasteiger partial charge in [0, 0.05) is 53.1 Å². The van der Waals surface area contributed by atoms with Crippen LogP contribution in [0.4, 0.5) is 0 Å². The van der Waals surface area contributed by atoms with E-state index < -0.39 is 0 Å². The van der Waals surface area contributed by atoms with E-state index in [0.717, 1.165) is 24.9 Å². The summed E-state index contributed by atoms with van der Waals surface area (Å²) < 4.78 is 7.70. The van der Waals surface area contributed by atoms with Crippen LogP contribution in [0.3, 0.4) is 0 Å². The maximum absolute atomic E-state index is 2.55. The second kappa shape index (κ2) is 13.2. The molecule has 0 N–H and O–H groups in total. The molecule has 0 saturated heterocycles. The highest BCUT2D eigenvalue weighted by atomic mass is 32.1. The Bertz CT molecular complexity index is 3670. The summed E-state index contributed by atoms with van der Waals surface area (Å²) in [6.07, 6.45) is 3.23. The molecule has 0 atom stereocenters. The Kier molecular flexibility index (Phi) is 7.40. The SMILES string of the molecule is c1ccc(-c2ccc(-n3c4ccccc4c4c3ccc3c5ccccc5n(-c5ccc6c(c5)-c5cccc(-c7cccc8sc9ccccc9c78)c5CCC6)c34)cc2)cc1. The fraction of sp³-hybridized carbons (Fsp3) is 0.0526. The van der Waals surface area contributed by atoms with E-state index in [1.165, 1.54) is 114 Å². The summed E-state index contributed by atoms with van der Waals surface area (Å²) in [7, 11) is 0. The molecule has 3 heterocycles. The maximum atomic E-state index is 2.55. The Morgan fingerprint density at radius 3 is 1.87 bits per heavy atom. The van der Waals surface area contributed by atoms with Crippen molar-refractivity contribution >= 4 is 75.1 Å². The largest absolute Gasteiger partial charge is 0.309 e. The fourth-order valence-corrected chi connectivity index (χ4v) is 11.6. The zero-order chi connectivity index (χ0) is 39.3. The minimum absolute atomic E-state index is 1.05. The molecule has 9 aromatic carbocycles. The standard InChI is InChI=1S/C57H38N2S/c1-2-13-36(14-3-1)37-27-30-39(31-28-37)58-51-24-8-5-17-47(51)56-52(58)34-33-46-44-16-4-7-23-50(44)59(57(46)56)40-32-29-38-15-10-19-41-42(20-11-21-43(41)49(38)35-40)45-22-12-26-54-55(45)48-18-6-9-25-53(48)60-54/h1-9,11-14,16-18,20-35H,10,15,19H2. The van der Waals surface area contributed by atoms with Crippen molar-refractivity contribution < 1.29 is 0 Å². The molecule has 0 fully saturated rings. The minimum atomic E-state index is 1.05. The molecular formula is C57H38N2S. The van der Waals surface area contributed by atoms with Gasteiger partial charge >= 0.3 is 0 Å². The van der Waals surface area contributed by atoms with E-state index in [0.29, 0.717) is 0 Å². The molecule has 12 aromatic rings.